The second-order valence-corrected chi connectivity index (χ2v) is 7.83. The van der Waals surface area contributed by atoms with Gasteiger partial charge >= 0.3 is 12.1 Å². The summed E-state index contributed by atoms with van der Waals surface area (Å²) in [6.07, 6.45) is -3.55. The predicted molar refractivity (Wildman–Crippen MR) is 106 cm³/mol. The molecular weight excluding hydrogens is 436 g/mol. The van der Waals surface area contributed by atoms with Crippen molar-refractivity contribution in [1.82, 2.24) is 19.9 Å². The van der Waals surface area contributed by atoms with E-state index >= 15 is 0 Å². The van der Waals surface area contributed by atoms with Gasteiger partial charge in [0.05, 0.1) is 18.7 Å². The maximum Gasteiger partial charge on any atom is 0.490 e. The average molecular weight is 454 g/mol. The van der Waals surface area contributed by atoms with Crippen molar-refractivity contribution in [2.24, 2.45) is 0 Å². The summed E-state index contributed by atoms with van der Waals surface area (Å²) in [6, 6.07) is 4.46. The molecule has 0 saturated heterocycles. The maximum atomic E-state index is 13.9. The number of aromatic nitrogens is 4. The summed E-state index contributed by atoms with van der Waals surface area (Å²) >= 11 is 0. The molecule has 4 aromatic rings. The van der Waals surface area contributed by atoms with Crippen LogP contribution >= 0.6 is 0 Å². The normalized spacial score (nSPS) is 12.1. The van der Waals surface area contributed by atoms with E-state index in [1.807, 2.05) is 20.8 Å². The predicted octanol–water partition coefficient (Wildman–Crippen LogP) is 4.45. The Labute approximate surface area is 178 Å². The van der Waals surface area contributed by atoms with Gasteiger partial charge in [0.2, 0.25) is 5.88 Å². The Bertz CT molecular complexity index is 1340. The number of hydrogen-bond acceptors (Lipinski definition) is 6. The largest absolute Gasteiger partial charge is 0.490 e. The van der Waals surface area contributed by atoms with E-state index in [4.69, 9.17) is 14.6 Å². The number of benzene rings is 2. The molecule has 2 aromatic carbocycles. The van der Waals surface area contributed by atoms with Gasteiger partial charge in [0.15, 0.2) is 5.82 Å². The van der Waals surface area contributed by atoms with Gasteiger partial charge in [-0.3, -0.25) is 0 Å². The van der Waals surface area contributed by atoms with Crippen molar-refractivity contribution in [2.75, 3.05) is 7.11 Å². The Kier molecular flexibility index (Phi) is 5.58. The lowest BCUT2D eigenvalue weighted by Crippen LogP contribution is -2.21. The number of carboxylic acid groups (broad SMARTS) is 1. The molecule has 0 aliphatic heterocycles. The van der Waals surface area contributed by atoms with E-state index in [0.29, 0.717) is 38.4 Å². The summed E-state index contributed by atoms with van der Waals surface area (Å²) in [7, 11) is 1.48. The van der Waals surface area contributed by atoms with E-state index in [9.17, 15) is 22.8 Å². The topological polar surface area (TPSA) is 110 Å². The van der Waals surface area contributed by atoms with E-state index in [1.165, 1.54) is 25.4 Å². The fraction of sp³-hybridized carbons (Fsp3) is 0.300. The summed E-state index contributed by atoms with van der Waals surface area (Å²) < 4.78 is 52.1. The van der Waals surface area contributed by atoms with Crippen molar-refractivity contribution >= 4 is 38.5 Å². The lowest BCUT2D eigenvalue weighted by Gasteiger charge is -2.16. The van der Waals surface area contributed by atoms with Crippen LogP contribution in [0.5, 0.6) is 5.88 Å². The van der Waals surface area contributed by atoms with Crippen LogP contribution in [0.1, 0.15) is 26.6 Å². The smallest absolute Gasteiger partial charge is 0.479 e. The highest BCUT2D eigenvalue weighted by molar-refractivity contribution is 6.24. The van der Waals surface area contributed by atoms with Gasteiger partial charge in [-0.1, -0.05) is 20.8 Å². The zero-order valence-electron chi connectivity index (χ0n) is 17.3. The minimum Gasteiger partial charge on any atom is -0.479 e. The lowest BCUT2D eigenvalue weighted by atomic mass is 9.96. The first kappa shape index (κ1) is 23.0. The molecule has 2 aromatic heterocycles. The Morgan fingerprint density at radius 2 is 1.75 bits per heavy atom. The number of hydrogen-bond donors (Lipinski definition) is 2. The van der Waals surface area contributed by atoms with Gasteiger partial charge in [-0.2, -0.15) is 23.0 Å². The second kappa shape index (κ2) is 7.77. The zero-order valence-corrected chi connectivity index (χ0v) is 17.3. The van der Waals surface area contributed by atoms with E-state index in [1.54, 1.807) is 6.07 Å². The maximum absolute atomic E-state index is 13.9. The van der Waals surface area contributed by atoms with Crippen LogP contribution in [0.2, 0.25) is 0 Å². The molecule has 4 rings (SSSR count). The van der Waals surface area contributed by atoms with Crippen LogP contribution in [-0.2, 0) is 10.2 Å². The third-order valence-corrected chi connectivity index (χ3v) is 4.54. The third-order valence-electron chi connectivity index (χ3n) is 4.54. The van der Waals surface area contributed by atoms with Crippen LogP contribution in [-0.4, -0.2) is 49.5 Å². The van der Waals surface area contributed by atoms with Crippen molar-refractivity contribution in [1.29, 1.82) is 0 Å². The van der Waals surface area contributed by atoms with E-state index < -0.39 is 12.1 Å². The number of methoxy groups -OCH3 is 1. The number of ether oxygens (including phenoxy) is 1. The summed E-state index contributed by atoms with van der Waals surface area (Å²) in [6.45, 7) is 5.89. The molecule has 0 atom stereocenters. The molecule has 0 amide bonds. The summed E-state index contributed by atoms with van der Waals surface area (Å²) in [4.78, 5) is 13.5. The average Bonchev–Trinajstić information content (AvgIpc) is 3.05. The molecule has 0 unspecified atom stereocenters. The number of alkyl halides is 3. The molecule has 8 nitrogen and oxygen atoms in total. The molecule has 2 N–H and O–H groups in total. The van der Waals surface area contributed by atoms with Gasteiger partial charge in [0.1, 0.15) is 16.9 Å². The van der Waals surface area contributed by atoms with Crippen LogP contribution in [0.25, 0.3) is 32.6 Å². The molecule has 0 aliphatic rings. The first-order chi connectivity index (χ1) is 14.8. The van der Waals surface area contributed by atoms with E-state index in [0.717, 1.165) is 4.73 Å². The Hall–Kier alpha value is -3.70. The van der Waals surface area contributed by atoms with Crippen molar-refractivity contribution < 1.29 is 37.4 Å². The fourth-order valence-corrected chi connectivity index (χ4v) is 3.21. The molecular formula is C20H18F4N4O4. The van der Waals surface area contributed by atoms with Gasteiger partial charge in [-0.05, 0) is 18.2 Å². The fourth-order valence-electron chi connectivity index (χ4n) is 3.21. The highest BCUT2D eigenvalue weighted by Crippen LogP contribution is 2.39. The Morgan fingerprint density at radius 3 is 2.28 bits per heavy atom. The van der Waals surface area contributed by atoms with E-state index in [2.05, 4.69) is 15.2 Å². The molecule has 32 heavy (non-hydrogen) atoms. The summed E-state index contributed by atoms with van der Waals surface area (Å²) in [5.41, 5.74) is 0.717. The standard InChI is InChI=1S/C18H17FN4O2.C2HF3O2/c1-18(2,3)17-21-14-10-6-5-9(19)7-11(10)13-12(15(14)23(17)24)8-20-22-16(13)25-4;3-2(4,5)1(6)7/h5-8,24H,1-4H3;(H,6,7). The highest BCUT2D eigenvalue weighted by atomic mass is 19.4. The number of carbonyl (C=O) groups is 1. The van der Waals surface area contributed by atoms with Crippen molar-refractivity contribution in [2.45, 2.75) is 32.4 Å². The number of aliphatic carboxylic acids is 1. The third kappa shape index (κ3) is 3.95. The minimum atomic E-state index is -5.08. The number of nitrogens with zero attached hydrogens (tertiary/aromatic N) is 4. The molecule has 2 heterocycles. The van der Waals surface area contributed by atoms with Crippen LogP contribution in [0.3, 0.4) is 0 Å². The number of halogens is 4. The van der Waals surface area contributed by atoms with Gasteiger partial charge in [-0.15, -0.1) is 5.10 Å². The van der Waals surface area contributed by atoms with Crippen LogP contribution in [0.15, 0.2) is 24.4 Å². The van der Waals surface area contributed by atoms with Crippen molar-refractivity contribution in [3.8, 4) is 5.88 Å². The van der Waals surface area contributed by atoms with Gasteiger partial charge in [0.25, 0.3) is 0 Å². The molecule has 0 saturated carbocycles. The summed E-state index contributed by atoms with van der Waals surface area (Å²) in [5, 5.41) is 28.4. The molecule has 0 fully saturated rings. The Morgan fingerprint density at radius 1 is 1.12 bits per heavy atom. The Balaban J connectivity index is 0.000000360. The van der Waals surface area contributed by atoms with Gasteiger partial charge < -0.3 is 15.1 Å². The van der Waals surface area contributed by atoms with E-state index in [-0.39, 0.29) is 17.1 Å². The number of imidazole rings is 1. The first-order valence-electron chi connectivity index (χ1n) is 9.10. The quantitative estimate of drug-likeness (QED) is 0.248. The molecule has 12 heteroatoms. The van der Waals surface area contributed by atoms with Crippen molar-refractivity contribution in [3.63, 3.8) is 0 Å². The van der Waals surface area contributed by atoms with Crippen LogP contribution < -0.4 is 4.74 Å². The number of rotatable bonds is 1. The van der Waals surface area contributed by atoms with Gasteiger partial charge in [0, 0.05) is 21.6 Å². The first-order valence-corrected chi connectivity index (χ1v) is 9.10. The number of fused-ring (bicyclic) bond motifs is 6. The van der Waals surface area contributed by atoms with Gasteiger partial charge in [-0.25, -0.2) is 14.2 Å². The zero-order chi connectivity index (χ0) is 24.0. The van der Waals surface area contributed by atoms with Crippen LogP contribution in [0, 0.1) is 5.82 Å². The molecule has 0 spiro atoms. The second-order valence-electron chi connectivity index (χ2n) is 7.83. The molecule has 0 bridgehead atoms. The number of carboxylic acids is 1. The SMILES string of the molecule is COc1nncc2c1c1cc(F)ccc1c1nc(C(C)(C)C)n(O)c21.O=C(O)C(F)(F)F. The van der Waals surface area contributed by atoms with Crippen LogP contribution in [0.4, 0.5) is 17.6 Å². The highest BCUT2D eigenvalue weighted by Gasteiger charge is 2.38. The minimum absolute atomic E-state index is 0.272. The van der Waals surface area contributed by atoms with Crippen molar-refractivity contribution in [3.05, 3.63) is 36.0 Å². The molecule has 0 aliphatic carbocycles. The molecule has 170 valence electrons. The summed E-state index contributed by atoms with van der Waals surface area (Å²) in [5.74, 6) is -2.34. The monoisotopic (exact) mass is 454 g/mol. The lowest BCUT2D eigenvalue weighted by molar-refractivity contribution is -0.192. The molecule has 0 radical (unpaired) electrons.